The Labute approximate surface area is 48.0 Å². The third-order valence-corrected chi connectivity index (χ3v) is 0.919. The highest BCUT2D eigenvalue weighted by atomic mass is 35.5. The number of alkyl halides is 1. The minimum absolute atomic E-state index is 0. The summed E-state index contributed by atoms with van der Waals surface area (Å²) in [6, 6.07) is 0. The number of ether oxygens (including phenoxy) is 1. The van der Waals surface area contributed by atoms with Crippen LogP contribution in [0.25, 0.3) is 0 Å². The van der Waals surface area contributed by atoms with Gasteiger partial charge in [-0.3, -0.25) is 0 Å². The van der Waals surface area contributed by atoms with Crippen molar-refractivity contribution in [2.75, 3.05) is 12.5 Å². The van der Waals surface area contributed by atoms with Gasteiger partial charge in [0.25, 0.3) is 0 Å². The molecule has 0 aliphatic carbocycles. The normalized spacial score (nSPS) is 28.5. The highest BCUT2D eigenvalue weighted by Gasteiger charge is 2.19. The van der Waals surface area contributed by atoms with Crippen molar-refractivity contribution in [2.24, 2.45) is 0 Å². The van der Waals surface area contributed by atoms with Gasteiger partial charge in [0.2, 0.25) is 0 Å². The van der Waals surface area contributed by atoms with Crippen LogP contribution in [0.5, 0.6) is 0 Å². The van der Waals surface area contributed by atoms with Crippen LogP contribution in [0, 0.1) is 0 Å². The van der Waals surface area contributed by atoms with Gasteiger partial charge < -0.3 is 4.74 Å². The van der Waals surface area contributed by atoms with E-state index < -0.39 is 0 Å². The second-order valence-electron chi connectivity index (χ2n) is 1.11. The van der Waals surface area contributed by atoms with E-state index in [1.54, 1.807) is 0 Å². The molecule has 1 unspecified atom stereocenters. The predicted octanol–water partition coefficient (Wildman–Crippen LogP) is 1.05. The minimum atomic E-state index is 0. The Morgan fingerprint density at radius 2 is 2.33 bits per heavy atom. The summed E-state index contributed by atoms with van der Waals surface area (Å²) in [4.78, 5) is 0. The van der Waals surface area contributed by atoms with Crippen LogP contribution in [0.15, 0.2) is 0 Å². The van der Waals surface area contributed by atoms with Gasteiger partial charge in [0, 0.05) is 0 Å². The Bertz CT molecular complexity index is 35.8. The molecule has 38 valence electrons. The Hall–Kier alpha value is 0.540. The van der Waals surface area contributed by atoms with Crippen LogP contribution in [0.1, 0.15) is 0 Å². The second-order valence-corrected chi connectivity index (χ2v) is 1.42. The van der Waals surface area contributed by atoms with E-state index in [9.17, 15) is 0 Å². The van der Waals surface area contributed by atoms with E-state index >= 15 is 0 Å². The zero-order valence-electron chi connectivity index (χ0n) is 3.19. The molecule has 1 rings (SSSR count). The highest BCUT2D eigenvalue weighted by Crippen LogP contribution is 2.08. The van der Waals surface area contributed by atoms with Gasteiger partial charge in [-0.15, -0.1) is 24.0 Å². The van der Waals surface area contributed by atoms with Gasteiger partial charge in [0.05, 0.1) is 18.6 Å². The maximum atomic E-state index is 5.27. The minimum Gasteiger partial charge on any atom is -0.372 e. The summed E-state index contributed by atoms with van der Waals surface area (Å²) in [6.07, 6.45) is 0.400. The fourth-order valence-corrected chi connectivity index (χ4v) is 0.335. The number of hydrogen-bond donors (Lipinski definition) is 0. The maximum absolute atomic E-state index is 5.27. The third kappa shape index (κ3) is 1.85. The van der Waals surface area contributed by atoms with Gasteiger partial charge >= 0.3 is 0 Å². The SMILES string of the molecule is Cl.ClCC1CO1. The lowest BCUT2D eigenvalue weighted by Crippen LogP contribution is -1.80. The molecule has 1 aliphatic heterocycles. The maximum Gasteiger partial charge on any atom is 0.0944 e. The summed E-state index contributed by atoms with van der Waals surface area (Å²) >= 11 is 5.27. The molecule has 1 atom stereocenters. The van der Waals surface area contributed by atoms with Gasteiger partial charge in [-0.05, 0) is 0 Å². The largest absolute Gasteiger partial charge is 0.372 e. The van der Waals surface area contributed by atoms with Crippen LogP contribution in [0.3, 0.4) is 0 Å². The quantitative estimate of drug-likeness (QED) is 0.380. The molecule has 0 bridgehead atoms. The summed E-state index contributed by atoms with van der Waals surface area (Å²) in [7, 11) is 0. The molecule has 0 saturated carbocycles. The standard InChI is InChI=1S/C3H5ClO.ClH/c4-1-3-2-5-3;/h3H,1-2H2;1H. The zero-order chi connectivity index (χ0) is 3.70. The van der Waals surface area contributed by atoms with E-state index in [2.05, 4.69) is 0 Å². The average molecular weight is 129 g/mol. The van der Waals surface area contributed by atoms with Crippen molar-refractivity contribution in [2.45, 2.75) is 6.10 Å². The molecular weight excluding hydrogens is 123 g/mol. The van der Waals surface area contributed by atoms with Gasteiger partial charge in [-0.2, -0.15) is 0 Å². The first-order valence-electron chi connectivity index (χ1n) is 1.61. The molecule has 1 heterocycles. The van der Waals surface area contributed by atoms with Crippen molar-refractivity contribution < 1.29 is 4.74 Å². The van der Waals surface area contributed by atoms with Crippen molar-refractivity contribution in [1.29, 1.82) is 0 Å². The van der Waals surface area contributed by atoms with Crippen molar-refractivity contribution in [3.05, 3.63) is 0 Å². The Morgan fingerprint density at radius 3 is 2.33 bits per heavy atom. The van der Waals surface area contributed by atoms with Crippen LogP contribution in [-0.4, -0.2) is 18.6 Å². The van der Waals surface area contributed by atoms with Crippen LogP contribution >= 0.6 is 24.0 Å². The van der Waals surface area contributed by atoms with Crippen molar-refractivity contribution in [1.82, 2.24) is 0 Å². The first-order chi connectivity index (χ1) is 2.43. The summed E-state index contributed by atoms with van der Waals surface area (Å²) in [5.74, 6) is 0.667. The molecule has 0 aromatic rings. The monoisotopic (exact) mass is 128 g/mol. The van der Waals surface area contributed by atoms with Crippen LogP contribution in [-0.2, 0) is 4.74 Å². The summed E-state index contributed by atoms with van der Waals surface area (Å²) in [6.45, 7) is 0.878. The topological polar surface area (TPSA) is 12.5 Å². The molecule has 1 aliphatic rings. The Balaban J connectivity index is 0.000000250. The molecule has 1 nitrogen and oxygen atoms in total. The fraction of sp³-hybridized carbons (Fsp3) is 1.00. The lowest BCUT2D eigenvalue weighted by Gasteiger charge is -1.67. The predicted molar refractivity (Wildman–Crippen MR) is 27.7 cm³/mol. The molecule has 0 spiro atoms. The summed E-state index contributed by atoms with van der Waals surface area (Å²) < 4.78 is 4.73. The number of rotatable bonds is 1. The fourth-order valence-electron chi connectivity index (χ4n) is 0.157. The van der Waals surface area contributed by atoms with E-state index in [1.807, 2.05) is 0 Å². The molecule has 6 heavy (non-hydrogen) atoms. The lowest BCUT2D eigenvalue weighted by molar-refractivity contribution is 0.425. The molecule has 1 saturated heterocycles. The molecule has 0 aromatic heterocycles. The average Bonchev–Trinajstić information content (AvgIpc) is 2.12. The number of epoxide rings is 1. The molecule has 3 heteroatoms. The molecule has 0 aromatic carbocycles. The molecular formula is C3H6Cl2O. The molecule has 1 fully saturated rings. The van der Waals surface area contributed by atoms with Crippen molar-refractivity contribution in [3.63, 3.8) is 0 Å². The Morgan fingerprint density at radius 1 is 1.83 bits per heavy atom. The lowest BCUT2D eigenvalue weighted by atomic mass is 10.6. The molecule has 0 radical (unpaired) electrons. The van der Waals surface area contributed by atoms with E-state index in [0.717, 1.165) is 6.61 Å². The summed E-state index contributed by atoms with van der Waals surface area (Å²) in [5.41, 5.74) is 0. The zero-order valence-corrected chi connectivity index (χ0v) is 4.76. The van der Waals surface area contributed by atoms with Gasteiger partial charge in [-0.25, -0.2) is 0 Å². The van der Waals surface area contributed by atoms with Gasteiger partial charge in [0.1, 0.15) is 0 Å². The molecule has 0 amide bonds. The summed E-state index contributed by atoms with van der Waals surface area (Å²) in [5, 5.41) is 0. The van der Waals surface area contributed by atoms with Crippen LogP contribution < -0.4 is 0 Å². The van der Waals surface area contributed by atoms with E-state index in [1.165, 1.54) is 0 Å². The number of halogens is 2. The van der Waals surface area contributed by atoms with Crippen molar-refractivity contribution in [3.8, 4) is 0 Å². The highest BCUT2D eigenvalue weighted by molar-refractivity contribution is 6.18. The smallest absolute Gasteiger partial charge is 0.0944 e. The van der Waals surface area contributed by atoms with E-state index in [0.29, 0.717) is 12.0 Å². The first kappa shape index (κ1) is 6.54. The van der Waals surface area contributed by atoms with E-state index in [-0.39, 0.29) is 12.4 Å². The number of hydrogen-bond acceptors (Lipinski definition) is 1. The van der Waals surface area contributed by atoms with Gasteiger partial charge in [0.15, 0.2) is 0 Å². The second kappa shape index (κ2) is 2.67. The van der Waals surface area contributed by atoms with Crippen molar-refractivity contribution >= 4 is 24.0 Å². The third-order valence-electron chi connectivity index (χ3n) is 0.574. The van der Waals surface area contributed by atoms with Crippen LogP contribution in [0.2, 0.25) is 0 Å². The molecule has 0 N–H and O–H groups in total. The first-order valence-corrected chi connectivity index (χ1v) is 2.14. The van der Waals surface area contributed by atoms with E-state index in [4.69, 9.17) is 16.3 Å². The van der Waals surface area contributed by atoms with Crippen LogP contribution in [0.4, 0.5) is 0 Å². The van der Waals surface area contributed by atoms with Gasteiger partial charge in [-0.1, -0.05) is 0 Å². The Kier molecular flexibility index (Phi) is 2.91.